The number of aryl methyl sites for hydroxylation is 1. The third kappa shape index (κ3) is 2.45. The van der Waals surface area contributed by atoms with Gasteiger partial charge in [-0.1, -0.05) is 11.6 Å². The van der Waals surface area contributed by atoms with E-state index in [4.69, 9.17) is 11.6 Å². The molecule has 0 atom stereocenters. The van der Waals surface area contributed by atoms with Crippen molar-refractivity contribution in [2.24, 2.45) is 0 Å². The number of halogens is 2. The molecule has 0 amide bonds. The summed E-state index contributed by atoms with van der Waals surface area (Å²) in [6, 6.07) is 12.1. The maximum absolute atomic E-state index is 13.1. The lowest BCUT2D eigenvalue weighted by atomic mass is 10.1. The van der Waals surface area contributed by atoms with Crippen LogP contribution in [0.25, 0.3) is 10.9 Å². The molecular weight excluding hydrogens is 275 g/mol. The Kier molecular flexibility index (Phi) is 3.28. The number of anilines is 2. The van der Waals surface area contributed by atoms with Crippen LogP contribution in [0.5, 0.6) is 0 Å². The second kappa shape index (κ2) is 5.10. The molecule has 0 bridgehead atoms. The summed E-state index contributed by atoms with van der Waals surface area (Å²) in [6.07, 6.45) is 1.72. The monoisotopic (exact) mass is 286 g/mol. The van der Waals surface area contributed by atoms with Gasteiger partial charge in [0.2, 0.25) is 0 Å². The molecule has 20 heavy (non-hydrogen) atoms. The Hall–Kier alpha value is -2.13. The standard InChI is InChI=1S/C16H12ClFN2/c1-10-8-12(18)3-5-14(10)20-15-6-7-19-16-9-11(17)2-4-13(15)16/h2-9H,1H3,(H,19,20). The van der Waals surface area contributed by atoms with E-state index in [9.17, 15) is 4.39 Å². The van der Waals surface area contributed by atoms with E-state index in [0.29, 0.717) is 5.02 Å². The molecule has 0 aliphatic rings. The second-order valence-corrected chi connectivity index (χ2v) is 5.04. The van der Waals surface area contributed by atoms with Gasteiger partial charge >= 0.3 is 0 Å². The van der Waals surface area contributed by atoms with E-state index in [1.807, 2.05) is 31.2 Å². The molecule has 0 saturated carbocycles. The van der Waals surface area contributed by atoms with Gasteiger partial charge in [-0.15, -0.1) is 0 Å². The van der Waals surface area contributed by atoms with Gasteiger partial charge in [0.05, 0.1) is 5.52 Å². The largest absolute Gasteiger partial charge is 0.355 e. The summed E-state index contributed by atoms with van der Waals surface area (Å²) in [7, 11) is 0. The lowest BCUT2D eigenvalue weighted by molar-refractivity contribution is 0.627. The van der Waals surface area contributed by atoms with Gasteiger partial charge in [0.15, 0.2) is 0 Å². The van der Waals surface area contributed by atoms with Gasteiger partial charge in [-0.05, 0) is 55.0 Å². The number of aromatic nitrogens is 1. The lowest BCUT2D eigenvalue weighted by Gasteiger charge is -2.12. The summed E-state index contributed by atoms with van der Waals surface area (Å²) in [6.45, 7) is 1.87. The number of hydrogen-bond donors (Lipinski definition) is 1. The normalized spacial score (nSPS) is 10.8. The molecule has 0 aliphatic heterocycles. The molecule has 0 aliphatic carbocycles. The van der Waals surface area contributed by atoms with Crippen molar-refractivity contribution in [3.05, 3.63) is 65.1 Å². The molecule has 0 spiro atoms. The molecule has 1 heterocycles. The highest BCUT2D eigenvalue weighted by atomic mass is 35.5. The fourth-order valence-corrected chi connectivity index (χ4v) is 2.31. The fourth-order valence-electron chi connectivity index (χ4n) is 2.14. The van der Waals surface area contributed by atoms with Gasteiger partial charge in [-0.3, -0.25) is 4.98 Å². The molecular formula is C16H12ClFN2. The Morgan fingerprint density at radius 1 is 1.05 bits per heavy atom. The van der Waals surface area contributed by atoms with Crippen LogP contribution in [0.2, 0.25) is 5.02 Å². The molecule has 3 rings (SSSR count). The molecule has 100 valence electrons. The molecule has 1 aromatic heterocycles. The minimum atomic E-state index is -0.237. The maximum Gasteiger partial charge on any atom is 0.123 e. The van der Waals surface area contributed by atoms with Crippen molar-refractivity contribution in [2.75, 3.05) is 5.32 Å². The van der Waals surface area contributed by atoms with E-state index < -0.39 is 0 Å². The third-order valence-electron chi connectivity index (χ3n) is 3.16. The van der Waals surface area contributed by atoms with Crippen LogP contribution >= 0.6 is 11.6 Å². The van der Waals surface area contributed by atoms with Gasteiger partial charge in [-0.25, -0.2) is 4.39 Å². The Balaban J connectivity index is 2.06. The number of pyridine rings is 1. The molecule has 1 N–H and O–H groups in total. The average Bonchev–Trinajstić information content (AvgIpc) is 2.41. The van der Waals surface area contributed by atoms with Crippen LogP contribution in [-0.2, 0) is 0 Å². The minimum absolute atomic E-state index is 0.237. The van der Waals surface area contributed by atoms with E-state index in [1.54, 1.807) is 12.3 Å². The molecule has 0 saturated heterocycles. The zero-order valence-electron chi connectivity index (χ0n) is 10.8. The number of rotatable bonds is 2. The SMILES string of the molecule is Cc1cc(F)ccc1Nc1ccnc2cc(Cl)ccc12. The van der Waals surface area contributed by atoms with Crippen LogP contribution in [-0.4, -0.2) is 4.98 Å². The van der Waals surface area contributed by atoms with Crippen LogP contribution in [0.4, 0.5) is 15.8 Å². The highest BCUT2D eigenvalue weighted by molar-refractivity contribution is 6.31. The van der Waals surface area contributed by atoms with Gasteiger partial charge in [0, 0.05) is 28.0 Å². The van der Waals surface area contributed by atoms with Crippen LogP contribution in [0, 0.1) is 12.7 Å². The number of nitrogens with zero attached hydrogens (tertiary/aromatic N) is 1. The first kappa shape index (κ1) is 12.9. The lowest BCUT2D eigenvalue weighted by Crippen LogP contribution is -1.95. The van der Waals surface area contributed by atoms with Crippen molar-refractivity contribution in [3.63, 3.8) is 0 Å². The summed E-state index contributed by atoms with van der Waals surface area (Å²) >= 11 is 5.97. The molecule has 2 aromatic carbocycles. The van der Waals surface area contributed by atoms with Crippen molar-refractivity contribution in [1.29, 1.82) is 0 Å². The van der Waals surface area contributed by atoms with E-state index in [1.165, 1.54) is 12.1 Å². The Bertz CT molecular complexity index is 787. The molecule has 0 fully saturated rings. The summed E-state index contributed by atoms with van der Waals surface area (Å²) < 4.78 is 13.1. The molecule has 3 aromatic rings. The Morgan fingerprint density at radius 3 is 2.70 bits per heavy atom. The predicted molar refractivity (Wildman–Crippen MR) is 81.2 cm³/mol. The van der Waals surface area contributed by atoms with E-state index in [0.717, 1.165) is 27.8 Å². The van der Waals surface area contributed by atoms with Gasteiger partial charge in [0.25, 0.3) is 0 Å². The topological polar surface area (TPSA) is 24.9 Å². The van der Waals surface area contributed by atoms with Gasteiger partial charge < -0.3 is 5.32 Å². The Morgan fingerprint density at radius 2 is 1.90 bits per heavy atom. The second-order valence-electron chi connectivity index (χ2n) is 4.60. The maximum atomic E-state index is 13.1. The minimum Gasteiger partial charge on any atom is -0.355 e. The number of hydrogen-bond acceptors (Lipinski definition) is 2. The highest BCUT2D eigenvalue weighted by Crippen LogP contribution is 2.28. The first-order valence-electron chi connectivity index (χ1n) is 6.21. The zero-order valence-corrected chi connectivity index (χ0v) is 11.6. The zero-order chi connectivity index (χ0) is 14.1. The van der Waals surface area contributed by atoms with Crippen LogP contribution in [0.15, 0.2) is 48.7 Å². The average molecular weight is 287 g/mol. The van der Waals surface area contributed by atoms with Crippen molar-refractivity contribution < 1.29 is 4.39 Å². The smallest absolute Gasteiger partial charge is 0.123 e. The van der Waals surface area contributed by atoms with Crippen LogP contribution in [0.1, 0.15) is 5.56 Å². The van der Waals surface area contributed by atoms with E-state index in [2.05, 4.69) is 10.3 Å². The first-order valence-corrected chi connectivity index (χ1v) is 6.59. The number of fused-ring (bicyclic) bond motifs is 1. The van der Waals surface area contributed by atoms with E-state index >= 15 is 0 Å². The highest BCUT2D eigenvalue weighted by Gasteiger charge is 2.05. The molecule has 2 nitrogen and oxygen atoms in total. The van der Waals surface area contributed by atoms with Gasteiger partial charge in [0.1, 0.15) is 5.82 Å². The van der Waals surface area contributed by atoms with Crippen molar-refractivity contribution in [1.82, 2.24) is 4.98 Å². The van der Waals surface area contributed by atoms with E-state index in [-0.39, 0.29) is 5.82 Å². The number of nitrogens with one attached hydrogen (secondary N) is 1. The Labute approximate surface area is 121 Å². The first-order chi connectivity index (χ1) is 9.63. The van der Waals surface area contributed by atoms with Crippen LogP contribution in [0.3, 0.4) is 0 Å². The summed E-state index contributed by atoms with van der Waals surface area (Å²) in [5.41, 5.74) is 3.46. The fraction of sp³-hybridized carbons (Fsp3) is 0.0625. The molecule has 4 heteroatoms. The van der Waals surface area contributed by atoms with Crippen molar-refractivity contribution >= 4 is 33.9 Å². The summed E-state index contributed by atoms with van der Waals surface area (Å²) in [5.74, 6) is -0.237. The molecule has 0 unspecified atom stereocenters. The van der Waals surface area contributed by atoms with Crippen molar-refractivity contribution in [3.8, 4) is 0 Å². The van der Waals surface area contributed by atoms with Crippen LogP contribution < -0.4 is 5.32 Å². The summed E-state index contributed by atoms with van der Waals surface area (Å²) in [4.78, 5) is 4.30. The molecule has 0 radical (unpaired) electrons. The quantitative estimate of drug-likeness (QED) is 0.710. The van der Waals surface area contributed by atoms with Gasteiger partial charge in [-0.2, -0.15) is 0 Å². The number of benzene rings is 2. The predicted octanol–water partition coefficient (Wildman–Crippen LogP) is 5.08. The van der Waals surface area contributed by atoms with Crippen molar-refractivity contribution in [2.45, 2.75) is 6.92 Å². The summed E-state index contributed by atoms with van der Waals surface area (Å²) in [5, 5.41) is 4.94. The third-order valence-corrected chi connectivity index (χ3v) is 3.40.